The molecule has 2 aromatic heterocycles. The lowest BCUT2D eigenvalue weighted by Gasteiger charge is -2.03. The monoisotopic (exact) mass is 201 g/mol. The molecule has 15 heavy (non-hydrogen) atoms. The van der Waals surface area contributed by atoms with E-state index in [0.29, 0.717) is 0 Å². The summed E-state index contributed by atoms with van der Waals surface area (Å²) < 4.78 is 2.03. The molecule has 0 bridgehead atoms. The van der Waals surface area contributed by atoms with Crippen molar-refractivity contribution in [1.82, 2.24) is 14.8 Å². The molecule has 2 heterocycles. The first-order valence-corrected chi connectivity index (χ1v) is 5.16. The van der Waals surface area contributed by atoms with Crippen LogP contribution in [0.3, 0.4) is 0 Å². The second kappa shape index (κ2) is 4.26. The van der Waals surface area contributed by atoms with Crippen LogP contribution in [-0.4, -0.2) is 14.8 Å². The Bertz CT molecular complexity index is 431. The highest BCUT2D eigenvalue weighted by Gasteiger charge is 2.01. The molecular formula is C12H15N3. The SMILES string of the molecule is Cc1cc(C)n(CCc2ccccn2)n1. The fourth-order valence-corrected chi connectivity index (χ4v) is 1.67. The van der Waals surface area contributed by atoms with E-state index in [2.05, 4.69) is 23.1 Å². The Labute approximate surface area is 89.8 Å². The summed E-state index contributed by atoms with van der Waals surface area (Å²) in [4.78, 5) is 4.29. The average Bonchev–Trinajstić information content (AvgIpc) is 2.56. The second-order valence-electron chi connectivity index (χ2n) is 3.72. The summed E-state index contributed by atoms with van der Waals surface area (Å²) in [5, 5.41) is 4.41. The van der Waals surface area contributed by atoms with Crippen molar-refractivity contribution >= 4 is 0 Å². The normalized spacial score (nSPS) is 10.5. The zero-order valence-electron chi connectivity index (χ0n) is 9.14. The molecule has 0 aliphatic rings. The first-order valence-electron chi connectivity index (χ1n) is 5.16. The van der Waals surface area contributed by atoms with Crippen molar-refractivity contribution in [3.8, 4) is 0 Å². The number of aromatic nitrogens is 3. The topological polar surface area (TPSA) is 30.7 Å². The van der Waals surface area contributed by atoms with Crippen molar-refractivity contribution in [3.05, 3.63) is 47.5 Å². The van der Waals surface area contributed by atoms with Gasteiger partial charge in [0.15, 0.2) is 0 Å². The van der Waals surface area contributed by atoms with Crippen LogP contribution in [0.25, 0.3) is 0 Å². The molecule has 0 aliphatic carbocycles. The van der Waals surface area contributed by atoms with E-state index < -0.39 is 0 Å². The predicted molar refractivity (Wildman–Crippen MR) is 59.6 cm³/mol. The van der Waals surface area contributed by atoms with Crippen LogP contribution < -0.4 is 0 Å². The van der Waals surface area contributed by atoms with E-state index in [1.54, 1.807) is 0 Å². The van der Waals surface area contributed by atoms with Gasteiger partial charge in [-0.2, -0.15) is 5.10 Å². The van der Waals surface area contributed by atoms with E-state index in [4.69, 9.17) is 0 Å². The molecule has 2 aromatic rings. The Balaban J connectivity index is 2.02. The summed E-state index contributed by atoms with van der Waals surface area (Å²) in [6.07, 6.45) is 2.76. The second-order valence-corrected chi connectivity index (χ2v) is 3.72. The lowest BCUT2D eigenvalue weighted by Crippen LogP contribution is -2.05. The molecule has 3 heteroatoms. The van der Waals surface area contributed by atoms with Gasteiger partial charge in [0.05, 0.1) is 5.69 Å². The van der Waals surface area contributed by atoms with Gasteiger partial charge in [-0.15, -0.1) is 0 Å². The molecule has 0 saturated carbocycles. The van der Waals surface area contributed by atoms with Gasteiger partial charge in [-0.25, -0.2) is 0 Å². The number of pyridine rings is 1. The van der Waals surface area contributed by atoms with E-state index in [-0.39, 0.29) is 0 Å². The third kappa shape index (κ3) is 2.43. The van der Waals surface area contributed by atoms with Gasteiger partial charge in [-0.05, 0) is 32.0 Å². The molecule has 3 nitrogen and oxygen atoms in total. The number of rotatable bonds is 3. The molecule has 0 atom stereocenters. The van der Waals surface area contributed by atoms with Crippen molar-refractivity contribution in [2.24, 2.45) is 0 Å². The minimum Gasteiger partial charge on any atom is -0.269 e. The Morgan fingerprint density at radius 3 is 2.73 bits per heavy atom. The summed E-state index contributed by atoms with van der Waals surface area (Å²) in [5.74, 6) is 0. The van der Waals surface area contributed by atoms with Gasteiger partial charge < -0.3 is 0 Å². The van der Waals surface area contributed by atoms with Gasteiger partial charge in [-0.1, -0.05) is 6.07 Å². The highest BCUT2D eigenvalue weighted by Crippen LogP contribution is 2.03. The zero-order valence-corrected chi connectivity index (χ0v) is 9.14. The number of hydrogen-bond acceptors (Lipinski definition) is 2. The molecule has 0 aliphatic heterocycles. The first-order chi connectivity index (χ1) is 7.25. The highest BCUT2D eigenvalue weighted by molar-refractivity contribution is 5.08. The summed E-state index contributed by atoms with van der Waals surface area (Å²) in [6, 6.07) is 8.10. The predicted octanol–water partition coefficient (Wildman–Crippen LogP) is 2.14. The number of nitrogens with zero attached hydrogens (tertiary/aromatic N) is 3. The Morgan fingerprint density at radius 2 is 2.13 bits per heavy atom. The van der Waals surface area contributed by atoms with Gasteiger partial charge in [-0.3, -0.25) is 9.67 Å². The van der Waals surface area contributed by atoms with E-state index in [1.807, 2.05) is 36.0 Å². The molecule has 0 saturated heterocycles. The van der Waals surface area contributed by atoms with Gasteiger partial charge in [0.1, 0.15) is 0 Å². The standard InChI is InChI=1S/C12H15N3/c1-10-9-11(2)15(14-10)8-6-12-5-3-4-7-13-12/h3-5,7,9H,6,8H2,1-2H3. The van der Waals surface area contributed by atoms with E-state index in [0.717, 1.165) is 24.4 Å². The van der Waals surface area contributed by atoms with E-state index in [9.17, 15) is 0 Å². The third-order valence-electron chi connectivity index (χ3n) is 2.41. The molecule has 0 N–H and O–H groups in total. The van der Waals surface area contributed by atoms with Crippen LogP contribution in [0.15, 0.2) is 30.5 Å². The molecule has 0 aromatic carbocycles. The minimum absolute atomic E-state index is 0.899. The van der Waals surface area contributed by atoms with Crippen LogP contribution >= 0.6 is 0 Å². The molecule has 0 radical (unpaired) electrons. The fraction of sp³-hybridized carbons (Fsp3) is 0.333. The fourth-order valence-electron chi connectivity index (χ4n) is 1.67. The smallest absolute Gasteiger partial charge is 0.0596 e. The molecule has 0 amide bonds. The van der Waals surface area contributed by atoms with Crippen molar-refractivity contribution in [2.75, 3.05) is 0 Å². The number of aryl methyl sites for hydroxylation is 4. The average molecular weight is 201 g/mol. The number of hydrogen-bond donors (Lipinski definition) is 0. The van der Waals surface area contributed by atoms with Crippen LogP contribution in [0, 0.1) is 13.8 Å². The largest absolute Gasteiger partial charge is 0.269 e. The summed E-state index contributed by atoms with van der Waals surface area (Å²) in [6.45, 7) is 5.00. The van der Waals surface area contributed by atoms with Crippen LogP contribution in [-0.2, 0) is 13.0 Å². The van der Waals surface area contributed by atoms with Crippen molar-refractivity contribution < 1.29 is 0 Å². The minimum atomic E-state index is 0.899. The quantitative estimate of drug-likeness (QED) is 0.761. The Hall–Kier alpha value is -1.64. The Kier molecular flexibility index (Phi) is 2.81. The van der Waals surface area contributed by atoms with E-state index in [1.165, 1.54) is 5.69 Å². The highest BCUT2D eigenvalue weighted by atomic mass is 15.3. The van der Waals surface area contributed by atoms with Crippen LogP contribution in [0.5, 0.6) is 0 Å². The lowest BCUT2D eigenvalue weighted by atomic mass is 10.3. The maximum Gasteiger partial charge on any atom is 0.0596 e. The first kappa shape index (κ1) is 9.90. The van der Waals surface area contributed by atoms with Gasteiger partial charge in [0.2, 0.25) is 0 Å². The van der Waals surface area contributed by atoms with Crippen LogP contribution in [0.2, 0.25) is 0 Å². The molecule has 78 valence electrons. The van der Waals surface area contributed by atoms with Crippen molar-refractivity contribution in [2.45, 2.75) is 26.8 Å². The van der Waals surface area contributed by atoms with Gasteiger partial charge in [0.25, 0.3) is 0 Å². The third-order valence-corrected chi connectivity index (χ3v) is 2.41. The van der Waals surface area contributed by atoms with Gasteiger partial charge in [0, 0.05) is 30.6 Å². The summed E-state index contributed by atoms with van der Waals surface area (Å²) >= 11 is 0. The van der Waals surface area contributed by atoms with Crippen LogP contribution in [0.1, 0.15) is 17.1 Å². The molecule has 0 spiro atoms. The van der Waals surface area contributed by atoms with Crippen LogP contribution in [0.4, 0.5) is 0 Å². The Morgan fingerprint density at radius 1 is 1.27 bits per heavy atom. The van der Waals surface area contributed by atoms with Crippen molar-refractivity contribution in [1.29, 1.82) is 0 Å². The zero-order chi connectivity index (χ0) is 10.7. The van der Waals surface area contributed by atoms with Crippen molar-refractivity contribution in [3.63, 3.8) is 0 Å². The molecule has 2 rings (SSSR count). The maximum absolute atomic E-state index is 4.41. The van der Waals surface area contributed by atoms with E-state index >= 15 is 0 Å². The summed E-state index contributed by atoms with van der Waals surface area (Å²) in [5.41, 5.74) is 3.40. The van der Waals surface area contributed by atoms with Gasteiger partial charge >= 0.3 is 0 Å². The lowest BCUT2D eigenvalue weighted by molar-refractivity contribution is 0.588. The molecule has 0 unspecified atom stereocenters. The maximum atomic E-state index is 4.41. The summed E-state index contributed by atoms with van der Waals surface area (Å²) in [7, 11) is 0. The molecular weight excluding hydrogens is 186 g/mol. The molecule has 0 fully saturated rings.